The van der Waals surface area contributed by atoms with Gasteiger partial charge in [0.1, 0.15) is 53.7 Å². The number of hydrogen-bond acceptors (Lipinski definition) is 14. The maximum absolute atomic E-state index is 13.1. The van der Waals surface area contributed by atoms with Crippen LogP contribution in [0, 0.1) is 11.3 Å². The first-order valence-electron chi connectivity index (χ1n) is 20.5. The second-order valence-corrected chi connectivity index (χ2v) is 16.3. The quantitative estimate of drug-likeness (QED) is 0.0418. The van der Waals surface area contributed by atoms with Crippen molar-refractivity contribution >= 4 is 19.2 Å². The first-order valence-corrected chi connectivity index (χ1v) is 22.0. The molecule has 16 nitrogen and oxygen atoms in total. The molecule has 1 saturated heterocycles. The van der Waals surface area contributed by atoms with Crippen LogP contribution in [0.2, 0.25) is 0 Å². The largest absolute Gasteiger partial charge is 0.494 e. The Bertz CT molecular complexity index is 1730. The average Bonchev–Trinajstić information content (AvgIpc) is 3.75. The minimum absolute atomic E-state index is 0.0232. The lowest BCUT2D eigenvalue weighted by Crippen LogP contribution is -2.39. The van der Waals surface area contributed by atoms with Crippen LogP contribution >= 0.6 is 7.82 Å². The maximum Gasteiger partial charge on any atom is 0.472 e. The molecule has 0 aliphatic carbocycles. The molecule has 1 aliphatic rings. The number of nitrogen functional groups attached to an aromatic ring is 1. The van der Waals surface area contributed by atoms with Crippen molar-refractivity contribution in [3.05, 3.63) is 42.1 Å². The van der Waals surface area contributed by atoms with E-state index in [1.807, 2.05) is 6.07 Å². The van der Waals surface area contributed by atoms with Gasteiger partial charge in [-0.3, -0.25) is 9.05 Å². The maximum atomic E-state index is 13.1. The molecule has 1 aliphatic heterocycles. The number of ether oxygens (including phenoxy) is 4. The van der Waals surface area contributed by atoms with E-state index in [0.29, 0.717) is 17.8 Å². The number of methoxy groups -OCH3 is 1. The molecular formula is C40H63N6O10P. The summed E-state index contributed by atoms with van der Waals surface area (Å²) in [6.45, 7) is 3.31. The van der Waals surface area contributed by atoms with Crippen molar-refractivity contribution in [1.82, 2.24) is 19.6 Å². The van der Waals surface area contributed by atoms with Crippen molar-refractivity contribution in [3.63, 3.8) is 0 Å². The SMILES string of the molecule is CCCCCCCCCCCCCCCCCCOC[C@H](COP(=O)(O)OC[C@H]1O[C@@](C)(c2ccc3c(N)ncnn23)[C@H](O)[C@@H]1O)Oc1cnc(C#N)c(OC)c1. The molecule has 4 heterocycles. The molecule has 1 unspecified atom stereocenters. The standard InChI is InChI=1S/C40H63N6O10P/c1-4-5-6-7-8-9-10-11-12-13-14-15-16-17-18-19-22-52-26-31(55-30-23-34(51-3)32(24-41)43-25-30)27-53-57(49,50)54-28-35-37(47)38(48)40(2,56-35)36-21-20-33-39(42)44-29-45-46(33)36/h20-21,23,25,29,31,35,37-38,47-48H,4-19,22,26-28H2,1-3H3,(H,49,50)(H2,42,44,45)/t31-,35-,37-,38-,40+/m1/s1. The molecule has 6 atom stereocenters. The van der Waals surface area contributed by atoms with Gasteiger partial charge in [-0.25, -0.2) is 19.0 Å². The highest BCUT2D eigenvalue weighted by molar-refractivity contribution is 7.47. The highest BCUT2D eigenvalue weighted by atomic mass is 31.2. The Hall–Kier alpha value is -3.39. The van der Waals surface area contributed by atoms with E-state index >= 15 is 0 Å². The Kier molecular flexibility index (Phi) is 19.4. The number of aliphatic hydroxyl groups is 2. The van der Waals surface area contributed by atoms with Gasteiger partial charge in [0, 0.05) is 12.7 Å². The third-order valence-electron chi connectivity index (χ3n) is 10.4. The zero-order valence-corrected chi connectivity index (χ0v) is 34.7. The third kappa shape index (κ3) is 14.1. The fraction of sp³-hybridized carbons (Fsp3) is 0.700. The molecule has 3 aromatic heterocycles. The molecule has 0 aromatic carbocycles. The molecule has 57 heavy (non-hydrogen) atoms. The lowest BCUT2D eigenvalue weighted by molar-refractivity contribution is -0.0892. The Morgan fingerprint density at radius 2 is 1.60 bits per heavy atom. The van der Waals surface area contributed by atoms with Crippen LogP contribution in [0.3, 0.4) is 0 Å². The summed E-state index contributed by atoms with van der Waals surface area (Å²) < 4.78 is 48.2. The number of rotatable bonds is 29. The number of pyridine rings is 1. The number of fused-ring (bicyclic) bond motifs is 1. The van der Waals surface area contributed by atoms with Crippen LogP contribution in [0.25, 0.3) is 5.52 Å². The predicted molar refractivity (Wildman–Crippen MR) is 214 cm³/mol. The van der Waals surface area contributed by atoms with E-state index in [0.717, 1.165) is 19.3 Å². The van der Waals surface area contributed by atoms with Crippen molar-refractivity contribution in [1.29, 1.82) is 5.26 Å². The molecule has 0 bridgehead atoms. The van der Waals surface area contributed by atoms with Gasteiger partial charge in [-0.1, -0.05) is 103 Å². The normalized spacial score (nSPS) is 21.0. The van der Waals surface area contributed by atoms with Crippen molar-refractivity contribution in [2.45, 2.75) is 147 Å². The van der Waals surface area contributed by atoms with E-state index < -0.39 is 51.1 Å². The second kappa shape index (κ2) is 23.9. The highest BCUT2D eigenvalue weighted by Gasteiger charge is 2.54. The molecule has 1 fully saturated rings. The van der Waals surface area contributed by atoms with Crippen LogP contribution in [0.4, 0.5) is 5.82 Å². The average molecular weight is 819 g/mol. The van der Waals surface area contributed by atoms with Gasteiger partial charge >= 0.3 is 7.82 Å². The molecular weight excluding hydrogens is 755 g/mol. The van der Waals surface area contributed by atoms with Gasteiger partial charge in [-0.15, -0.1) is 0 Å². The van der Waals surface area contributed by atoms with E-state index in [1.165, 1.54) is 114 Å². The van der Waals surface area contributed by atoms with Gasteiger partial charge in [0.05, 0.1) is 38.8 Å². The molecule has 17 heteroatoms. The first-order chi connectivity index (χ1) is 27.5. The number of nitriles is 1. The van der Waals surface area contributed by atoms with Crippen LogP contribution in [-0.2, 0) is 28.7 Å². The lowest BCUT2D eigenvalue weighted by Gasteiger charge is -2.27. The summed E-state index contributed by atoms with van der Waals surface area (Å²) in [6, 6.07) is 6.73. The van der Waals surface area contributed by atoms with Crippen molar-refractivity contribution in [2.75, 3.05) is 39.3 Å². The fourth-order valence-electron chi connectivity index (χ4n) is 7.04. The molecule has 0 radical (unpaired) electrons. The number of phosphoric ester groups is 1. The monoisotopic (exact) mass is 818 g/mol. The summed E-state index contributed by atoms with van der Waals surface area (Å²) in [4.78, 5) is 18.6. The first kappa shape index (κ1) is 46.3. The van der Waals surface area contributed by atoms with E-state index in [-0.39, 0.29) is 29.6 Å². The lowest BCUT2D eigenvalue weighted by atomic mass is 9.93. The van der Waals surface area contributed by atoms with E-state index in [1.54, 1.807) is 19.1 Å². The zero-order chi connectivity index (χ0) is 41.1. The van der Waals surface area contributed by atoms with Crippen LogP contribution in [0.15, 0.2) is 30.7 Å². The van der Waals surface area contributed by atoms with Crippen molar-refractivity contribution in [3.8, 4) is 17.6 Å². The van der Waals surface area contributed by atoms with Crippen LogP contribution in [0.1, 0.15) is 128 Å². The Labute approximate surface area is 336 Å². The van der Waals surface area contributed by atoms with Gasteiger partial charge in [0.2, 0.25) is 0 Å². The van der Waals surface area contributed by atoms with Crippen LogP contribution in [-0.4, -0.2) is 92.6 Å². The summed E-state index contributed by atoms with van der Waals surface area (Å²) in [7, 11) is -3.33. The van der Waals surface area contributed by atoms with E-state index in [2.05, 4.69) is 22.0 Å². The number of aliphatic hydroxyl groups excluding tert-OH is 2. The summed E-state index contributed by atoms with van der Waals surface area (Å²) >= 11 is 0. The molecule has 0 amide bonds. The van der Waals surface area contributed by atoms with Crippen LogP contribution < -0.4 is 15.2 Å². The van der Waals surface area contributed by atoms with Gasteiger partial charge in [-0.2, -0.15) is 10.4 Å². The molecule has 4 rings (SSSR count). The molecule has 0 spiro atoms. The summed E-state index contributed by atoms with van der Waals surface area (Å²) in [5, 5.41) is 35.4. The summed E-state index contributed by atoms with van der Waals surface area (Å²) in [5.74, 6) is 0.654. The molecule has 3 aromatic rings. The van der Waals surface area contributed by atoms with E-state index in [4.69, 9.17) is 33.7 Å². The molecule has 0 saturated carbocycles. The fourth-order valence-corrected chi connectivity index (χ4v) is 7.81. The zero-order valence-electron chi connectivity index (χ0n) is 33.8. The number of nitrogens with zero attached hydrogens (tertiary/aromatic N) is 5. The summed E-state index contributed by atoms with van der Waals surface area (Å²) in [5.41, 5.74) is 5.42. The Morgan fingerprint density at radius 1 is 0.965 bits per heavy atom. The van der Waals surface area contributed by atoms with Gasteiger partial charge < -0.3 is 39.8 Å². The topological polar surface area (TPSA) is 226 Å². The van der Waals surface area contributed by atoms with E-state index in [9.17, 15) is 24.9 Å². The smallest absolute Gasteiger partial charge is 0.472 e. The minimum Gasteiger partial charge on any atom is -0.494 e. The van der Waals surface area contributed by atoms with Crippen molar-refractivity contribution < 1.29 is 47.7 Å². The number of aromatic nitrogens is 4. The third-order valence-corrected chi connectivity index (χ3v) is 11.3. The molecule has 318 valence electrons. The highest BCUT2D eigenvalue weighted by Crippen LogP contribution is 2.46. The molecule has 5 N–H and O–H groups in total. The Balaban J connectivity index is 1.20. The summed E-state index contributed by atoms with van der Waals surface area (Å²) in [6.07, 6.45) is 17.9. The number of phosphoric acid groups is 1. The number of hydrogen-bond donors (Lipinski definition) is 4. The number of nitrogens with two attached hydrogens (primary N) is 1. The van der Waals surface area contributed by atoms with Crippen LogP contribution in [0.5, 0.6) is 11.5 Å². The van der Waals surface area contributed by atoms with Gasteiger partial charge in [-0.05, 0) is 25.5 Å². The minimum atomic E-state index is -4.74. The predicted octanol–water partition coefficient (Wildman–Crippen LogP) is 6.78. The number of unbranched alkanes of at least 4 members (excludes halogenated alkanes) is 15. The second-order valence-electron chi connectivity index (χ2n) is 14.9. The number of anilines is 1. The van der Waals surface area contributed by atoms with Crippen molar-refractivity contribution in [2.24, 2.45) is 0 Å². The van der Waals surface area contributed by atoms with Gasteiger partial charge in [0.15, 0.2) is 17.3 Å². The van der Waals surface area contributed by atoms with Gasteiger partial charge in [0.25, 0.3) is 0 Å². The Morgan fingerprint density at radius 3 is 2.21 bits per heavy atom.